The molecule has 2 rings (SSSR count). The molecule has 0 radical (unpaired) electrons. The largest absolute Gasteiger partial charge is 0.304 e. The summed E-state index contributed by atoms with van der Waals surface area (Å²) < 4.78 is 2.13. The number of rotatable bonds is 0. The molecule has 2 aromatic rings. The van der Waals surface area contributed by atoms with Gasteiger partial charge in [-0.2, -0.15) is 0 Å². The van der Waals surface area contributed by atoms with Gasteiger partial charge in [0.05, 0.1) is 11.2 Å². The maximum Gasteiger partial charge on any atom is 0.141 e. The summed E-state index contributed by atoms with van der Waals surface area (Å²) in [5.74, 6) is 1.06. The highest BCUT2D eigenvalue weighted by atomic mass is 15.0. The number of pyridine rings is 1. The summed E-state index contributed by atoms with van der Waals surface area (Å²) >= 11 is 0. The van der Waals surface area contributed by atoms with Crippen molar-refractivity contribution in [2.75, 3.05) is 0 Å². The van der Waals surface area contributed by atoms with Gasteiger partial charge in [-0.1, -0.05) is 11.5 Å². The van der Waals surface area contributed by atoms with Crippen LogP contribution < -0.4 is 5.46 Å². The van der Waals surface area contributed by atoms with Crippen molar-refractivity contribution < 1.29 is 0 Å². The first-order chi connectivity index (χ1) is 5.68. The molecule has 12 heavy (non-hydrogen) atoms. The van der Waals surface area contributed by atoms with Crippen LogP contribution in [0.25, 0.3) is 5.52 Å². The molecule has 60 valence electrons. The van der Waals surface area contributed by atoms with E-state index < -0.39 is 0 Å². The molecule has 0 fully saturated rings. The van der Waals surface area contributed by atoms with Crippen LogP contribution in [0.5, 0.6) is 0 Å². The zero-order valence-electron chi connectivity index (χ0n) is 7.63. The average molecular weight is 158 g/mol. The van der Waals surface area contributed by atoms with Crippen LogP contribution in [0.2, 0.25) is 0 Å². The predicted molar refractivity (Wildman–Crippen MR) is 52.8 cm³/mol. The van der Waals surface area contributed by atoms with Crippen molar-refractivity contribution in [2.24, 2.45) is 0 Å². The fraction of sp³-hybridized carbons (Fsp3) is 0.222. The lowest BCUT2D eigenvalue weighted by molar-refractivity contribution is 1.04. The Morgan fingerprint density at radius 2 is 2.08 bits per heavy atom. The van der Waals surface area contributed by atoms with Crippen LogP contribution in [0.4, 0.5) is 0 Å². The van der Waals surface area contributed by atoms with E-state index in [0.717, 1.165) is 11.5 Å². The van der Waals surface area contributed by atoms with Gasteiger partial charge < -0.3 is 4.40 Å². The zero-order chi connectivity index (χ0) is 8.72. The Morgan fingerprint density at radius 3 is 2.83 bits per heavy atom. The number of hydrogen-bond donors (Lipinski definition) is 0. The Balaban J connectivity index is 2.90. The lowest BCUT2D eigenvalue weighted by atomic mass is 9.99. The molecule has 0 atom stereocenters. The van der Waals surface area contributed by atoms with E-state index >= 15 is 0 Å². The van der Waals surface area contributed by atoms with Gasteiger partial charge in [0.1, 0.15) is 13.7 Å². The molecule has 0 bridgehead atoms. The van der Waals surface area contributed by atoms with E-state index in [4.69, 9.17) is 0 Å². The van der Waals surface area contributed by atoms with Gasteiger partial charge in [0.15, 0.2) is 0 Å². The summed E-state index contributed by atoms with van der Waals surface area (Å²) in [5.41, 5.74) is 3.58. The van der Waals surface area contributed by atoms with Crippen molar-refractivity contribution in [3.8, 4) is 0 Å². The lowest BCUT2D eigenvalue weighted by Crippen LogP contribution is -2.04. The second kappa shape index (κ2) is 2.37. The second-order valence-corrected chi connectivity index (χ2v) is 3.21. The first-order valence-electron chi connectivity index (χ1n) is 4.10. The lowest BCUT2D eigenvalue weighted by Gasteiger charge is -1.97. The number of hydrogen-bond acceptors (Lipinski definition) is 1. The number of aryl methyl sites for hydroxylation is 2. The third kappa shape index (κ3) is 0.933. The Hall–Kier alpha value is -1.25. The van der Waals surface area contributed by atoms with Crippen LogP contribution in [-0.4, -0.2) is 17.2 Å². The van der Waals surface area contributed by atoms with Gasteiger partial charge in [0, 0.05) is 6.20 Å². The van der Waals surface area contributed by atoms with Gasteiger partial charge in [-0.15, -0.1) is 0 Å². The van der Waals surface area contributed by atoms with E-state index in [2.05, 4.69) is 35.6 Å². The van der Waals surface area contributed by atoms with Crippen molar-refractivity contribution >= 4 is 18.8 Å². The summed E-state index contributed by atoms with van der Waals surface area (Å²) in [6.45, 7) is 4.07. The highest BCUT2D eigenvalue weighted by Crippen LogP contribution is 2.09. The molecular weight excluding hydrogens is 147 g/mol. The minimum atomic E-state index is 1.06. The van der Waals surface area contributed by atoms with Gasteiger partial charge in [-0.05, 0) is 19.9 Å². The molecule has 0 N–H and O–H groups in total. The number of fused-ring (bicyclic) bond motifs is 1. The number of nitrogens with zero attached hydrogens (tertiary/aromatic N) is 2. The molecular formula is C9H11BN2. The number of aromatic nitrogens is 2. The van der Waals surface area contributed by atoms with Crippen molar-refractivity contribution in [1.29, 1.82) is 0 Å². The third-order valence-electron chi connectivity index (χ3n) is 2.15. The van der Waals surface area contributed by atoms with E-state index in [9.17, 15) is 0 Å². The molecule has 0 saturated heterocycles. The van der Waals surface area contributed by atoms with Crippen LogP contribution in [0, 0.1) is 13.8 Å². The smallest absolute Gasteiger partial charge is 0.141 e. The van der Waals surface area contributed by atoms with E-state index in [1.807, 2.05) is 13.8 Å². The van der Waals surface area contributed by atoms with Crippen molar-refractivity contribution in [3.05, 3.63) is 29.8 Å². The maximum absolute atomic E-state index is 4.39. The zero-order valence-corrected chi connectivity index (χ0v) is 7.63. The van der Waals surface area contributed by atoms with Gasteiger partial charge in [0.25, 0.3) is 0 Å². The number of imidazole rings is 1. The average Bonchev–Trinajstić information content (AvgIpc) is 2.28. The van der Waals surface area contributed by atoms with Crippen LogP contribution in [0.1, 0.15) is 11.5 Å². The molecule has 0 amide bonds. The van der Waals surface area contributed by atoms with Crippen LogP contribution in [0.3, 0.4) is 0 Å². The summed E-state index contributed by atoms with van der Waals surface area (Å²) in [6.07, 6.45) is 2.12. The molecule has 0 aliphatic heterocycles. The molecule has 0 unspecified atom stereocenters. The summed E-state index contributed by atoms with van der Waals surface area (Å²) in [5, 5.41) is 0. The molecule has 0 saturated carbocycles. The first kappa shape index (κ1) is 7.41. The molecule has 0 aromatic carbocycles. The van der Waals surface area contributed by atoms with Crippen molar-refractivity contribution in [2.45, 2.75) is 13.8 Å². The van der Waals surface area contributed by atoms with Crippen molar-refractivity contribution in [1.82, 2.24) is 9.38 Å². The molecule has 2 aromatic heterocycles. The van der Waals surface area contributed by atoms with E-state index in [-0.39, 0.29) is 0 Å². The fourth-order valence-corrected chi connectivity index (χ4v) is 1.52. The Morgan fingerprint density at radius 1 is 1.33 bits per heavy atom. The van der Waals surface area contributed by atoms with Gasteiger partial charge in [0.2, 0.25) is 0 Å². The molecule has 0 aliphatic carbocycles. The standard InChI is InChI=1S/C9H11BN2/c1-6-9-4-3-8(10)5-12(9)7(2)11-6/h3-5H,10H2,1-2H3. The minimum Gasteiger partial charge on any atom is -0.304 e. The highest BCUT2D eigenvalue weighted by molar-refractivity contribution is 6.32. The fourth-order valence-electron chi connectivity index (χ4n) is 1.52. The normalized spacial score (nSPS) is 10.8. The molecule has 2 nitrogen and oxygen atoms in total. The van der Waals surface area contributed by atoms with Gasteiger partial charge in [-0.25, -0.2) is 4.98 Å². The van der Waals surface area contributed by atoms with Gasteiger partial charge >= 0.3 is 0 Å². The maximum atomic E-state index is 4.39. The molecule has 2 heterocycles. The SMILES string of the molecule is Bc1ccc2c(C)nc(C)n2c1. The Labute approximate surface area is 72.7 Å². The van der Waals surface area contributed by atoms with Crippen LogP contribution in [-0.2, 0) is 0 Å². The van der Waals surface area contributed by atoms with Crippen molar-refractivity contribution in [3.63, 3.8) is 0 Å². The Kier molecular flexibility index (Phi) is 1.46. The molecule has 0 aliphatic rings. The van der Waals surface area contributed by atoms with Gasteiger partial charge in [-0.3, -0.25) is 0 Å². The summed E-state index contributed by atoms with van der Waals surface area (Å²) in [4.78, 5) is 4.39. The second-order valence-electron chi connectivity index (χ2n) is 3.21. The summed E-state index contributed by atoms with van der Waals surface area (Å²) in [6, 6.07) is 4.23. The first-order valence-corrected chi connectivity index (χ1v) is 4.10. The quantitative estimate of drug-likeness (QED) is 0.501. The molecule has 3 heteroatoms. The Bertz CT molecular complexity index is 431. The topological polar surface area (TPSA) is 17.3 Å². The predicted octanol–water partition coefficient (Wildman–Crippen LogP) is 0.210. The van der Waals surface area contributed by atoms with Crippen LogP contribution in [0.15, 0.2) is 18.3 Å². The van der Waals surface area contributed by atoms with E-state index in [1.54, 1.807) is 0 Å². The van der Waals surface area contributed by atoms with E-state index in [1.165, 1.54) is 11.0 Å². The highest BCUT2D eigenvalue weighted by Gasteiger charge is 2.02. The molecule has 0 spiro atoms. The minimum absolute atomic E-state index is 1.06. The monoisotopic (exact) mass is 158 g/mol. The van der Waals surface area contributed by atoms with E-state index in [0.29, 0.717) is 0 Å². The third-order valence-corrected chi connectivity index (χ3v) is 2.15. The van der Waals surface area contributed by atoms with Crippen LogP contribution >= 0.6 is 0 Å². The summed E-state index contributed by atoms with van der Waals surface area (Å²) in [7, 11) is 2.09.